The summed E-state index contributed by atoms with van der Waals surface area (Å²) < 4.78 is 1.11. The van der Waals surface area contributed by atoms with Gasteiger partial charge in [0.2, 0.25) is 5.91 Å². The van der Waals surface area contributed by atoms with Crippen molar-refractivity contribution in [3.63, 3.8) is 0 Å². The Morgan fingerprint density at radius 1 is 1.35 bits per heavy atom. The van der Waals surface area contributed by atoms with E-state index in [1.54, 1.807) is 11.3 Å². The summed E-state index contributed by atoms with van der Waals surface area (Å²) in [4.78, 5) is 16.4. The van der Waals surface area contributed by atoms with Crippen molar-refractivity contribution in [1.82, 2.24) is 4.98 Å². The van der Waals surface area contributed by atoms with Crippen molar-refractivity contribution < 1.29 is 4.79 Å². The number of carbonyl (C=O) groups is 1. The third-order valence-corrected chi connectivity index (χ3v) is 4.76. The van der Waals surface area contributed by atoms with Crippen LogP contribution in [0.15, 0.2) is 35.0 Å². The van der Waals surface area contributed by atoms with Gasteiger partial charge < -0.3 is 5.32 Å². The Morgan fingerprint density at radius 3 is 3.00 bits per heavy atom. The molecule has 1 aromatic carbocycles. The zero-order valence-electron chi connectivity index (χ0n) is 11.1. The Hall–Kier alpha value is -1.72. The molecule has 0 fully saturated rings. The molecule has 0 saturated carbocycles. The summed E-state index contributed by atoms with van der Waals surface area (Å²) in [6.45, 7) is 2.03. The van der Waals surface area contributed by atoms with Crippen LogP contribution in [0.3, 0.4) is 0 Å². The lowest BCUT2D eigenvalue weighted by molar-refractivity contribution is -0.116. The Morgan fingerprint density at radius 2 is 2.25 bits per heavy atom. The number of nitrogens with zero attached hydrogens (tertiary/aromatic N) is 1. The molecule has 0 radical (unpaired) electrons. The SMILES string of the molecule is Cc1cccc2sc(NC(=O)CCc3ccsc3)nc12. The molecule has 0 atom stereocenters. The van der Waals surface area contributed by atoms with E-state index in [1.165, 1.54) is 16.9 Å². The maximum Gasteiger partial charge on any atom is 0.226 e. The Balaban J connectivity index is 1.66. The second kappa shape index (κ2) is 5.73. The number of benzene rings is 1. The molecule has 0 aliphatic heterocycles. The van der Waals surface area contributed by atoms with Crippen molar-refractivity contribution in [3.8, 4) is 0 Å². The first kappa shape index (κ1) is 13.3. The number of hydrogen-bond donors (Lipinski definition) is 1. The first-order valence-corrected chi connectivity index (χ1v) is 8.15. The van der Waals surface area contributed by atoms with Gasteiger partial charge in [-0.15, -0.1) is 0 Å². The number of aromatic nitrogens is 1. The molecule has 2 heterocycles. The van der Waals surface area contributed by atoms with E-state index < -0.39 is 0 Å². The van der Waals surface area contributed by atoms with E-state index in [4.69, 9.17) is 0 Å². The Bertz CT molecular complexity index is 732. The molecule has 3 rings (SSSR count). The number of para-hydroxylation sites is 1. The summed E-state index contributed by atoms with van der Waals surface area (Å²) >= 11 is 3.18. The van der Waals surface area contributed by atoms with Crippen LogP contribution in [0.5, 0.6) is 0 Å². The van der Waals surface area contributed by atoms with E-state index >= 15 is 0 Å². The highest BCUT2D eigenvalue weighted by Crippen LogP contribution is 2.27. The number of thiophene rings is 1. The van der Waals surface area contributed by atoms with Gasteiger partial charge in [0.1, 0.15) is 0 Å². The predicted molar refractivity (Wildman–Crippen MR) is 85.6 cm³/mol. The van der Waals surface area contributed by atoms with Crippen molar-refractivity contribution in [2.45, 2.75) is 19.8 Å². The van der Waals surface area contributed by atoms with Crippen LogP contribution >= 0.6 is 22.7 Å². The third-order valence-electron chi connectivity index (χ3n) is 3.09. The van der Waals surface area contributed by atoms with Gasteiger partial charge >= 0.3 is 0 Å². The van der Waals surface area contributed by atoms with Gasteiger partial charge in [0.25, 0.3) is 0 Å². The van der Waals surface area contributed by atoms with Crippen molar-refractivity contribution in [2.75, 3.05) is 5.32 Å². The summed E-state index contributed by atoms with van der Waals surface area (Å²) in [5, 5.41) is 7.69. The fraction of sp³-hybridized carbons (Fsp3) is 0.200. The number of aryl methyl sites for hydroxylation is 2. The number of hydrogen-bond acceptors (Lipinski definition) is 4. The van der Waals surface area contributed by atoms with Gasteiger partial charge in [0.05, 0.1) is 10.2 Å². The van der Waals surface area contributed by atoms with Crippen LogP contribution in [0, 0.1) is 6.92 Å². The lowest BCUT2D eigenvalue weighted by atomic mass is 10.2. The van der Waals surface area contributed by atoms with Crippen LogP contribution in [-0.2, 0) is 11.2 Å². The quantitative estimate of drug-likeness (QED) is 0.783. The summed E-state index contributed by atoms with van der Waals surface area (Å²) in [5.41, 5.74) is 3.33. The molecule has 1 N–H and O–H groups in total. The van der Waals surface area contributed by atoms with Crippen LogP contribution in [-0.4, -0.2) is 10.9 Å². The van der Waals surface area contributed by atoms with Crippen molar-refractivity contribution in [1.29, 1.82) is 0 Å². The van der Waals surface area contributed by atoms with E-state index in [0.717, 1.165) is 22.2 Å². The lowest BCUT2D eigenvalue weighted by Gasteiger charge is -2.00. The standard InChI is InChI=1S/C15H14N2OS2/c1-10-3-2-4-12-14(10)17-15(20-12)16-13(18)6-5-11-7-8-19-9-11/h2-4,7-9H,5-6H2,1H3,(H,16,17,18). The molecule has 0 bridgehead atoms. The molecule has 0 aliphatic rings. The third kappa shape index (κ3) is 2.89. The number of rotatable bonds is 4. The molecule has 102 valence electrons. The van der Waals surface area contributed by atoms with Gasteiger partial charge in [-0.1, -0.05) is 23.5 Å². The zero-order valence-corrected chi connectivity index (χ0v) is 12.7. The fourth-order valence-electron chi connectivity index (χ4n) is 2.01. The number of thiazole rings is 1. The summed E-state index contributed by atoms with van der Waals surface area (Å²) in [7, 11) is 0. The van der Waals surface area contributed by atoms with Crippen LogP contribution in [0.1, 0.15) is 17.5 Å². The van der Waals surface area contributed by atoms with Gasteiger partial charge in [0, 0.05) is 6.42 Å². The zero-order chi connectivity index (χ0) is 13.9. The second-order valence-electron chi connectivity index (χ2n) is 4.62. The number of carbonyl (C=O) groups excluding carboxylic acids is 1. The molecule has 1 amide bonds. The van der Waals surface area contributed by atoms with E-state index in [9.17, 15) is 4.79 Å². The molecule has 0 spiro atoms. The van der Waals surface area contributed by atoms with Crippen LogP contribution in [0.4, 0.5) is 5.13 Å². The summed E-state index contributed by atoms with van der Waals surface area (Å²) in [6.07, 6.45) is 1.27. The molecule has 0 saturated heterocycles. The highest BCUT2D eigenvalue weighted by atomic mass is 32.1. The molecule has 3 aromatic rings. The minimum atomic E-state index is 0.0212. The van der Waals surface area contributed by atoms with Gasteiger partial charge in [-0.3, -0.25) is 4.79 Å². The number of amides is 1. The Kier molecular flexibility index (Phi) is 3.80. The summed E-state index contributed by atoms with van der Waals surface area (Å²) in [6, 6.07) is 8.13. The number of fused-ring (bicyclic) bond motifs is 1. The highest BCUT2D eigenvalue weighted by Gasteiger charge is 2.09. The fourth-order valence-corrected chi connectivity index (χ4v) is 3.68. The molecule has 20 heavy (non-hydrogen) atoms. The van der Waals surface area contributed by atoms with Crippen LogP contribution in [0.25, 0.3) is 10.2 Å². The highest BCUT2D eigenvalue weighted by molar-refractivity contribution is 7.22. The average Bonchev–Trinajstić information content (AvgIpc) is 3.05. The maximum atomic E-state index is 11.9. The summed E-state index contributed by atoms with van der Waals surface area (Å²) in [5.74, 6) is 0.0212. The first-order valence-electron chi connectivity index (χ1n) is 6.39. The largest absolute Gasteiger partial charge is 0.302 e. The number of anilines is 1. The molecule has 0 unspecified atom stereocenters. The lowest BCUT2D eigenvalue weighted by Crippen LogP contribution is -2.11. The van der Waals surface area contributed by atoms with E-state index in [1.807, 2.05) is 30.5 Å². The number of nitrogens with one attached hydrogen (secondary N) is 1. The minimum Gasteiger partial charge on any atom is -0.302 e. The average molecular weight is 302 g/mol. The molecule has 2 aromatic heterocycles. The topological polar surface area (TPSA) is 42.0 Å². The van der Waals surface area contributed by atoms with E-state index in [2.05, 4.69) is 21.7 Å². The minimum absolute atomic E-state index is 0.0212. The van der Waals surface area contributed by atoms with E-state index in [-0.39, 0.29) is 5.91 Å². The van der Waals surface area contributed by atoms with Gasteiger partial charge in [-0.25, -0.2) is 4.98 Å². The van der Waals surface area contributed by atoms with Crippen molar-refractivity contribution in [2.24, 2.45) is 0 Å². The molecule has 3 nitrogen and oxygen atoms in total. The van der Waals surface area contributed by atoms with Crippen LogP contribution in [0.2, 0.25) is 0 Å². The predicted octanol–water partition coefficient (Wildman–Crippen LogP) is 4.24. The van der Waals surface area contributed by atoms with Crippen LogP contribution < -0.4 is 5.32 Å². The van der Waals surface area contributed by atoms with Gasteiger partial charge in [-0.05, 0) is 47.4 Å². The maximum absolute atomic E-state index is 11.9. The Labute approximate surface area is 125 Å². The molecular weight excluding hydrogens is 288 g/mol. The van der Waals surface area contributed by atoms with E-state index in [0.29, 0.717) is 11.6 Å². The van der Waals surface area contributed by atoms with Crippen molar-refractivity contribution >= 4 is 43.9 Å². The second-order valence-corrected chi connectivity index (χ2v) is 6.43. The smallest absolute Gasteiger partial charge is 0.226 e. The van der Waals surface area contributed by atoms with Gasteiger partial charge in [-0.2, -0.15) is 11.3 Å². The normalized spacial score (nSPS) is 10.8. The van der Waals surface area contributed by atoms with Gasteiger partial charge in [0.15, 0.2) is 5.13 Å². The molecule has 5 heteroatoms. The molecular formula is C15H14N2OS2. The first-order chi connectivity index (χ1) is 9.72. The van der Waals surface area contributed by atoms with Crippen molar-refractivity contribution in [3.05, 3.63) is 46.2 Å². The molecule has 0 aliphatic carbocycles. The monoisotopic (exact) mass is 302 g/mol.